The first-order valence-electron chi connectivity index (χ1n) is 8.89. The number of carbonyl (C=O) groups is 1. The molecule has 1 aromatic carbocycles. The summed E-state index contributed by atoms with van der Waals surface area (Å²) in [5, 5.41) is 10.7. The van der Waals surface area contributed by atoms with Crippen molar-refractivity contribution in [3.05, 3.63) is 41.7 Å². The fourth-order valence-electron chi connectivity index (χ4n) is 3.54. The number of hydrogen-bond donors (Lipinski definition) is 2. The summed E-state index contributed by atoms with van der Waals surface area (Å²) in [6.45, 7) is 2.49. The number of aromatic nitrogens is 2. The van der Waals surface area contributed by atoms with Crippen molar-refractivity contribution >= 4 is 11.6 Å². The van der Waals surface area contributed by atoms with Crippen LogP contribution in [0.5, 0.6) is 0 Å². The maximum Gasteiger partial charge on any atom is 0.270 e. The molecule has 0 saturated carbocycles. The molecule has 2 N–H and O–H groups in total. The molecule has 3 heterocycles. The molecule has 2 aliphatic rings. The maximum absolute atomic E-state index is 12.8. The van der Waals surface area contributed by atoms with E-state index < -0.39 is 0 Å². The van der Waals surface area contributed by atoms with Crippen molar-refractivity contribution in [2.45, 2.75) is 25.3 Å². The smallest absolute Gasteiger partial charge is 0.270 e. The van der Waals surface area contributed by atoms with Crippen molar-refractivity contribution in [2.24, 2.45) is 12.0 Å². The molecule has 2 aromatic rings. The number of amides is 1. The van der Waals surface area contributed by atoms with Gasteiger partial charge < -0.3 is 10.6 Å². The van der Waals surface area contributed by atoms with E-state index >= 15 is 0 Å². The standard InChI is InChI=1S/C19H23N5O/c1-24-12-15(10-22-24)14-5-4-13-3-2-7-21-18(17(13)9-14)19(25)23-16-6-8-20-11-16/h4-5,9-10,12,16,20H,2-3,6-8,11H2,1H3,(H,23,25)/t16-/m1/s1. The first-order valence-corrected chi connectivity index (χ1v) is 8.89. The van der Waals surface area contributed by atoms with Crippen LogP contribution in [-0.4, -0.2) is 47.1 Å². The number of carbonyl (C=O) groups excluding carboxylic acids is 1. The summed E-state index contributed by atoms with van der Waals surface area (Å²) in [5.41, 5.74) is 4.85. The van der Waals surface area contributed by atoms with E-state index in [4.69, 9.17) is 0 Å². The molecule has 0 spiro atoms. The van der Waals surface area contributed by atoms with E-state index in [1.807, 2.05) is 19.4 Å². The van der Waals surface area contributed by atoms with Crippen molar-refractivity contribution < 1.29 is 4.79 Å². The molecule has 4 rings (SSSR count). The summed E-state index contributed by atoms with van der Waals surface area (Å²) < 4.78 is 1.79. The first kappa shape index (κ1) is 16.0. The van der Waals surface area contributed by atoms with E-state index in [9.17, 15) is 4.79 Å². The van der Waals surface area contributed by atoms with Crippen LogP contribution < -0.4 is 10.6 Å². The van der Waals surface area contributed by atoms with E-state index in [-0.39, 0.29) is 11.9 Å². The average Bonchev–Trinajstić information content (AvgIpc) is 3.22. The number of nitrogens with zero attached hydrogens (tertiary/aromatic N) is 3. The number of aryl methyl sites for hydroxylation is 2. The minimum atomic E-state index is -0.0554. The van der Waals surface area contributed by atoms with Crippen molar-refractivity contribution in [3.8, 4) is 11.1 Å². The predicted octanol–water partition coefficient (Wildman–Crippen LogP) is 1.30. The van der Waals surface area contributed by atoms with Gasteiger partial charge in [0.15, 0.2) is 0 Å². The number of benzene rings is 1. The molecule has 6 nitrogen and oxygen atoms in total. The van der Waals surface area contributed by atoms with Gasteiger partial charge in [0.25, 0.3) is 5.91 Å². The van der Waals surface area contributed by atoms with Gasteiger partial charge in [-0.25, -0.2) is 0 Å². The van der Waals surface area contributed by atoms with E-state index in [2.05, 4.69) is 38.9 Å². The lowest BCUT2D eigenvalue weighted by atomic mass is 9.95. The molecular weight excluding hydrogens is 314 g/mol. The van der Waals surface area contributed by atoms with Gasteiger partial charge in [-0.1, -0.05) is 12.1 Å². The zero-order chi connectivity index (χ0) is 17.2. The summed E-state index contributed by atoms with van der Waals surface area (Å²) in [6.07, 6.45) is 6.73. The van der Waals surface area contributed by atoms with Crippen LogP contribution in [0.1, 0.15) is 24.0 Å². The lowest BCUT2D eigenvalue weighted by Crippen LogP contribution is -2.41. The molecule has 130 valence electrons. The molecule has 1 atom stereocenters. The molecule has 0 radical (unpaired) electrons. The van der Waals surface area contributed by atoms with Gasteiger partial charge in [0.05, 0.1) is 6.20 Å². The number of aliphatic imine (C=N–C) groups is 1. The molecule has 1 aromatic heterocycles. The Morgan fingerprint density at radius 2 is 2.28 bits per heavy atom. The molecule has 0 bridgehead atoms. The Kier molecular flexibility index (Phi) is 4.36. The highest BCUT2D eigenvalue weighted by molar-refractivity contribution is 6.46. The van der Waals surface area contributed by atoms with Crippen LogP contribution >= 0.6 is 0 Å². The van der Waals surface area contributed by atoms with Crippen LogP contribution in [0, 0.1) is 0 Å². The third-order valence-electron chi connectivity index (χ3n) is 4.89. The molecule has 1 amide bonds. The second kappa shape index (κ2) is 6.80. The number of hydrogen-bond acceptors (Lipinski definition) is 4. The highest BCUT2D eigenvalue weighted by Gasteiger charge is 2.24. The predicted molar refractivity (Wildman–Crippen MR) is 97.8 cm³/mol. The van der Waals surface area contributed by atoms with E-state index in [0.29, 0.717) is 12.3 Å². The Hall–Kier alpha value is -2.47. The fraction of sp³-hybridized carbons (Fsp3) is 0.421. The SMILES string of the molecule is Cn1cc(-c2ccc3c(c2)C(C(=O)N[C@@H]2CCNC2)=NCCC3)cn1. The average molecular weight is 337 g/mol. The molecule has 25 heavy (non-hydrogen) atoms. The third-order valence-corrected chi connectivity index (χ3v) is 4.89. The highest BCUT2D eigenvalue weighted by Crippen LogP contribution is 2.25. The van der Waals surface area contributed by atoms with Crippen molar-refractivity contribution in [3.63, 3.8) is 0 Å². The monoisotopic (exact) mass is 337 g/mol. The van der Waals surface area contributed by atoms with E-state index in [1.165, 1.54) is 5.56 Å². The quantitative estimate of drug-likeness (QED) is 0.887. The topological polar surface area (TPSA) is 71.3 Å². The van der Waals surface area contributed by atoms with Gasteiger partial charge >= 0.3 is 0 Å². The van der Waals surface area contributed by atoms with Gasteiger partial charge in [0.1, 0.15) is 5.71 Å². The molecule has 1 fully saturated rings. The second-order valence-electron chi connectivity index (χ2n) is 6.77. The molecule has 1 saturated heterocycles. The Morgan fingerprint density at radius 3 is 3.04 bits per heavy atom. The van der Waals surface area contributed by atoms with Crippen LogP contribution in [-0.2, 0) is 18.3 Å². The van der Waals surface area contributed by atoms with Crippen LogP contribution in [0.25, 0.3) is 11.1 Å². The molecule has 0 aliphatic carbocycles. The first-order chi connectivity index (χ1) is 12.2. The van der Waals surface area contributed by atoms with Crippen LogP contribution in [0.3, 0.4) is 0 Å². The van der Waals surface area contributed by atoms with Crippen LogP contribution in [0.2, 0.25) is 0 Å². The summed E-state index contributed by atoms with van der Waals surface area (Å²) in [7, 11) is 1.91. The minimum Gasteiger partial charge on any atom is -0.347 e. The molecule has 2 aliphatic heterocycles. The Labute approximate surface area is 147 Å². The van der Waals surface area contributed by atoms with Crippen LogP contribution in [0.4, 0.5) is 0 Å². The van der Waals surface area contributed by atoms with Crippen molar-refractivity contribution in [1.82, 2.24) is 20.4 Å². The second-order valence-corrected chi connectivity index (χ2v) is 6.77. The maximum atomic E-state index is 12.8. The lowest BCUT2D eigenvalue weighted by Gasteiger charge is -2.15. The van der Waals surface area contributed by atoms with E-state index in [1.54, 1.807) is 4.68 Å². The van der Waals surface area contributed by atoms with Gasteiger partial charge in [-0.15, -0.1) is 0 Å². The van der Waals surface area contributed by atoms with Crippen LogP contribution in [0.15, 0.2) is 35.6 Å². The van der Waals surface area contributed by atoms with Gasteiger partial charge in [-0.3, -0.25) is 14.5 Å². The van der Waals surface area contributed by atoms with E-state index in [0.717, 1.165) is 49.0 Å². The number of nitrogens with one attached hydrogen (secondary N) is 2. The van der Waals surface area contributed by atoms with Gasteiger partial charge in [0.2, 0.25) is 0 Å². The van der Waals surface area contributed by atoms with Gasteiger partial charge in [-0.05, 0) is 43.0 Å². The molecular formula is C19H23N5O. The number of fused-ring (bicyclic) bond motifs is 1. The Balaban J connectivity index is 1.67. The number of rotatable bonds is 3. The Morgan fingerprint density at radius 1 is 1.36 bits per heavy atom. The van der Waals surface area contributed by atoms with Crippen molar-refractivity contribution in [2.75, 3.05) is 19.6 Å². The lowest BCUT2D eigenvalue weighted by molar-refractivity contribution is -0.115. The molecule has 6 heteroatoms. The normalized spacial score (nSPS) is 19.9. The summed E-state index contributed by atoms with van der Waals surface area (Å²) in [5.74, 6) is -0.0554. The molecule has 0 unspecified atom stereocenters. The van der Waals surface area contributed by atoms with Gasteiger partial charge in [0, 0.05) is 43.5 Å². The largest absolute Gasteiger partial charge is 0.347 e. The fourth-order valence-corrected chi connectivity index (χ4v) is 3.54. The minimum absolute atomic E-state index is 0.0554. The van der Waals surface area contributed by atoms with Gasteiger partial charge in [-0.2, -0.15) is 5.10 Å². The van der Waals surface area contributed by atoms with Crippen molar-refractivity contribution in [1.29, 1.82) is 0 Å². The zero-order valence-corrected chi connectivity index (χ0v) is 14.5. The summed E-state index contributed by atoms with van der Waals surface area (Å²) in [6, 6.07) is 6.52. The Bertz CT molecular complexity index is 817. The summed E-state index contributed by atoms with van der Waals surface area (Å²) >= 11 is 0. The highest BCUT2D eigenvalue weighted by atomic mass is 16.2. The third kappa shape index (κ3) is 3.35. The zero-order valence-electron chi connectivity index (χ0n) is 14.5. The summed E-state index contributed by atoms with van der Waals surface area (Å²) in [4.78, 5) is 17.4.